The molecule has 3 aromatic rings. The van der Waals surface area contributed by atoms with Crippen molar-refractivity contribution >= 4 is 55.7 Å². The molecule has 0 bridgehead atoms. The van der Waals surface area contributed by atoms with Gasteiger partial charge in [0.05, 0.1) is 11.3 Å². The molecule has 3 N–H and O–H groups in total. The number of fused-ring (bicyclic) bond motifs is 1. The number of aromatic nitrogens is 2. The SMILES string of the molecule is Cc1sc(NC(=O)CSc2nc3[nH]c(=O)cc(O)c3s2)c(C#N)c1C. The van der Waals surface area contributed by atoms with E-state index in [-0.39, 0.29) is 17.4 Å². The molecule has 3 heterocycles. The average molecular weight is 392 g/mol. The van der Waals surface area contributed by atoms with E-state index in [0.29, 0.717) is 25.3 Å². The summed E-state index contributed by atoms with van der Waals surface area (Å²) in [5.41, 5.74) is 1.23. The number of aromatic hydroxyl groups is 1. The number of anilines is 1. The van der Waals surface area contributed by atoms with Crippen molar-refractivity contribution in [3.8, 4) is 11.8 Å². The molecule has 0 aliphatic heterocycles. The number of nitriles is 1. The van der Waals surface area contributed by atoms with E-state index in [1.165, 1.54) is 34.4 Å². The number of aryl methyl sites for hydroxylation is 1. The molecule has 0 unspecified atom stereocenters. The van der Waals surface area contributed by atoms with E-state index in [0.717, 1.165) is 16.5 Å². The lowest BCUT2D eigenvalue weighted by Gasteiger charge is -2.01. The van der Waals surface area contributed by atoms with Crippen LogP contribution in [0.2, 0.25) is 0 Å². The van der Waals surface area contributed by atoms with E-state index < -0.39 is 5.56 Å². The minimum Gasteiger partial charge on any atom is -0.506 e. The molecule has 0 saturated carbocycles. The number of nitrogens with zero attached hydrogens (tertiary/aromatic N) is 2. The highest BCUT2D eigenvalue weighted by molar-refractivity contribution is 8.01. The quantitative estimate of drug-likeness (QED) is 0.587. The normalized spacial score (nSPS) is 10.8. The summed E-state index contributed by atoms with van der Waals surface area (Å²) in [6.45, 7) is 3.75. The van der Waals surface area contributed by atoms with Crippen LogP contribution in [0.1, 0.15) is 16.0 Å². The van der Waals surface area contributed by atoms with E-state index in [9.17, 15) is 20.0 Å². The Morgan fingerprint density at radius 2 is 2.24 bits per heavy atom. The van der Waals surface area contributed by atoms with Crippen molar-refractivity contribution in [2.75, 3.05) is 11.1 Å². The number of hydrogen-bond acceptors (Lipinski definition) is 8. The average Bonchev–Trinajstić information content (AvgIpc) is 3.07. The van der Waals surface area contributed by atoms with Crippen LogP contribution in [0.4, 0.5) is 5.00 Å². The summed E-state index contributed by atoms with van der Waals surface area (Å²) in [6, 6.07) is 3.20. The lowest BCUT2D eigenvalue weighted by Crippen LogP contribution is -2.13. The zero-order valence-corrected chi connectivity index (χ0v) is 15.6. The van der Waals surface area contributed by atoms with Crippen molar-refractivity contribution < 1.29 is 9.90 Å². The zero-order chi connectivity index (χ0) is 18.1. The molecule has 0 saturated heterocycles. The molecule has 0 aliphatic carbocycles. The van der Waals surface area contributed by atoms with Crippen molar-refractivity contribution in [1.82, 2.24) is 9.97 Å². The number of H-pyrrole nitrogens is 1. The number of rotatable bonds is 4. The molecule has 7 nitrogen and oxygen atoms in total. The molecule has 0 aliphatic rings. The number of thioether (sulfide) groups is 1. The molecule has 0 atom stereocenters. The Bertz CT molecular complexity index is 1070. The van der Waals surface area contributed by atoms with Crippen LogP contribution in [0.5, 0.6) is 5.75 Å². The number of pyridine rings is 1. The Morgan fingerprint density at radius 3 is 2.96 bits per heavy atom. The summed E-state index contributed by atoms with van der Waals surface area (Å²) in [6.07, 6.45) is 0. The van der Waals surface area contributed by atoms with Gasteiger partial charge in [-0.1, -0.05) is 11.8 Å². The summed E-state index contributed by atoms with van der Waals surface area (Å²) < 4.78 is 1.03. The molecule has 10 heteroatoms. The third-order valence-corrected chi connectivity index (χ3v) is 6.77. The number of hydrogen-bond donors (Lipinski definition) is 3. The highest BCUT2D eigenvalue weighted by Gasteiger charge is 2.16. The van der Waals surface area contributed by atoms with E-state index in [1.54, 1.807) is 0 Å². The standard InChI is InChI=1S/C15H12N4O3S3/c1-6-7(2)24-14(8(6)4-16)18-11(22)5-23-15-19-13-12(25-15)9(20)3-10(21)17-13/h3H,5H2,1-2H3,(H,18,22)(H2,17,20,21). The second-order valence-electron chi connectivity index (χ2n) is 5.11. The van der Waals surface area contributed by atoms with Crippen LogP contribution in [-0.4, -0.2) is 26.7 Å². The second-order valence-corrected chi connectivity index (χ2v) is 8.56. The third kappa shape index (κ3) is 3.53. The number of nitrogens with one attached hydrogen (secondary N) is 2. The molecule has 3 aromatic heterocycles. The number of thiophene rings is 1. The van der Waals surface area contributed by atoms with Crippen molar-refractivity contribution in [3.63, 3.8) is 0 Å². The maximum Gasteiger partial charge on any atom is 0.253 e. The van der Waals surface area contributed by atoms with Gasteiger partial charge in [0.25, 0.3) is 5.56 Å². The van der Waals surface area contributed by atoms with Crippen LogP contribution in [0.3, 0.4) is 0 Å². The summed E-state index contributed by atoms with van der Waals surface area (Å²) in [5, 5.41) is 22.3. The lowest BCUT2D eigenvalue weighted by molar-refractivity contribution is -0.113. The minimum atomic E-state index is -0.433. The topological polar surface area (TPSA) is 119 Å². The second kappa shape index (κ2) is 6.87. The van der Waals surface area contributed by atoms with Crippen LogP contribution in [0, 0.1) is 25.2 Å². The number of aromatic amines is 1. The molecule has 0 aromatic carbocycles. The van der Waals surface area contributed by atoms with Crippen molar-refractivity contribution in [2.45, 2.75) is 18.2 Å². The first-order valence-electron chi connectivity index (χ1n) is 7.04. The van der Waals surface area contributed by atoms with E-state index >= 15 is 0 Å². The molecule has 128 valence electrons. The highest BCUT2D eigenvalue weighted by Crippen LogP contribution is 2.34. The summed E-state index contributed by atoms with van der Waals surface area (Å²) in [5.74, 6) is -0.276. The summed E-state index contributed by atoms with van der Waals surface area (Å²) in [7, 11) is 0. The van der Waals surface area contributed by atoms with Gasteiger partial charge in [-0.2, -0.15) is 5.26 Å². The van der Waals surface area contributed by atoms with Crippen LogP contribution < -0.4 is 10.9 Å². The molecular weight excluding hydrogens is 380 g/mol. The summed E-state index contributed by atoms with van der Waals surface area (Å²) in [4.78, 5) is 31.2. The van der Waals surface area contributed by atoms with Gasteiger partial charge in [-0.3, -0.25) is 9.59 Å². The largest absolute Gasteiger partial charge is 0.506 e. The van der Waals surface area contributed by atoms with E-state index in [1.807, 2.05) is 13.8 Å². The van der Waals surface area contributed by atoms with Crippen molar-refractivity contribution in [3.05, 3.63) is 32.4 Å². The van der Waals surface area contributed by atoms with Crippen LogP contribution in [-0.2, 0) is 4.79 Å². The number of thiazole rings is 1. The molecule has 0 fully saturated rings. The minimum absolute atomic E-state index is 0.103. The Hall–Kier alpha value is -2.35. The molecule has 3 rings (SSSR count). The fourth-order valence-electron chi connectivity index (χ4n) is 2.10. The van der Waals surface area contributed by atoms with Gasteiger partial charge < -0.3 is 15.4 Å². The lowest BCUT2D eigenvalue weighted by atomic mass is 10.2. The fourth-order valence-corrected chi connectivity index (χ4v) is 4.94. The Kier molecular flexibility index (Phi) is 4.80. The van der Waals surface area contributed by atoms with Crippen LogP contribution in [0.25, 0.3) is 10.3 Å². The first-order chi connectivity index (χ1) is 11.9. The van der Waals surface area contributed by atoms with Gasteiger partial charge in [-0.05, 0) is 19.4 Å². The van der Waals surface area contributed by atoms with Gasteiger partial charge in [0.1, 0.15) is 21.5 Å². The van der Waals surface area contributed by atoms with Gasteiger partial charge in [0.2, 0.25) is 5.91 Å². The third-order valence-electron chi connectivity index (χ3n) is 3.43. The van der Waals surface area contributed by atoms with Crippen molar-refractivity contribution in [1.29, 1.82) is 5.26 Å². The molecule has 0 radical (unpaired) electrons. The fraction of sp³-hybridized carbons (Fsp3) is 0.200. The maximum atomic E-state index is 12.1. The van der Waals surface area contributed by atoms with Gasteiger partial charge in [-0.15, -0.1) is 22.7 Å². The van der Waals surface area contributed by atoms with Gasteiger partial charge in [-0.25, -0.2) is 4.98 Å². The smallest absolute Gasteiger partial charge is 0.253 e. The van der Waals surface area contributed by atoms with Gasteiger partial charge >= 0.3 is 0 Å². The zero-order valence-electron chi connectivity index (χ0n) is 13.2. The van der Waals surface area contributed by atoms with E-state index in [4.69, 9.17) is 0 Å². The van der Waals surface area contributed by atoms with Gasteiger partial charge in [0, 0.05) is 10.9 Å². The van der Waals surface area contributed by atoms with Crippen LogP contribution in [0.15, 0.2) is 15.2 Å². The summed E-state index contributed by atoms with van der Waals surface area (Å²) >= 11 is 3.77. The van der Waals surface area contributed by atoms with Gasteiger partial charge in [0.15, 0.2) is 9.99 Å². The Morgan fingerprint density at radius 1 is 1.48 bits per heavy atom. The molecular formula is C15H12N4O3S3. The predicted molar refractivity (Wildman–Crippen MR) is 99.8 cm³/mol. The molecule has 1 amide bonds. The number of carbonyl (C=O) groups excluding carboxylic acids is 1. The van der Waals surface area contributed by atoms with E-state index in [2.05, 4.69) is 21.4 Å². The number of amides is 1. The first kappa shape index (κ1) is 17.5. The number of carbonyl (C=O) groups is 1. The monoisotopic (exact) mass is 392 g/mol. The van der Waals surface area contributed by atoms with Crippen molar-refractivity contribution in [2.24, 2.45) is 0 Å². The maximum absolute atomic E-state index is 12.1. The Balaban J connectivity index is 1.71. The molecule has 25 heavy (non-hydrogen) atoms. The predicted octanol–water partition coefficient (Wildman–Crippen LogP) is 2.97. The first-order valence-corrected chi connectivity index (χ1v) is 9.66. The molecule has 0 spiro atoms. The highest BCUT2D eigenvalue weighted by atomic mass is 32.2. The van der Waals surface area contributed by atoms with Crippen LogP contribution >= 0.6 is 34.4 Å². The Labute approximate surface area is 154 Å².